The van der Waals surface area contributed by atoms with E-state index in [-0.39, 0.29) is 5.91 Å². The lowest BCUT2D eigenvalue weighted by molar-refractivity contribution is -0.132. The van der Waals surface area contributed by atoms with Crippen molar-refractivity contribution in [1.82, 2.24) is 14.5 Å². The lowest BCUT2D eigenvalue weighted by Gasteiger charge is -2.32. The first-order chi connectivity index (χ1) is 13.1. The summed E-state index contributed by atoms with van der Waals surface area (Å²) in [6.07, 6.45) is 6.72. The van der Waals surface area contributed by atoms with Gasteiger partial charge in [-0.3, -0.25) is 4.79 Å². The lowest BCUT2D eigenvalue weighted by Crippen LogP contribution is -2.38. The van der Waals surface area contributed by atoms with Gasteiger partial charge in [-0.05, 0) is 63.1 Å². The van der Waals surface area contributed by atoms with Gasteiger partial charge in [0.1, 0.15) is 11.6 Å². The van der Waals surface area contributed by atoms with Crippen molar-refractivity contribution >= 4 is 5.91 Å². The molecule has 0 saturated carbocycles. The predicted octanol–water partition coefficient (Wildman–Crippen LogP) is 3.77. The normalized spacial score (nSPS) is 15.1. The fourth-order valence-electron chi connectivity index (χ4n) is 3.90. The van der Waals surface area contributed by atoms with E-state index in [0.717, 1.165) is 50.5 Å². The molecule has 1 amide bonds. The third-order valence-electron chi connectivity index (χ3n) is 5.77. The second-order valence-corrected chi connectivity index (χ2v) is 7.56. The summed E-state index contributed by atoms with van der Waals surface area (Å²) in [5, 5.41) is 0. The van der Waals surface area contributed by atoms with Crippen molar-refractivity contribution in [3.8, 4) is 5.75 Å². The van der Waals surface area contributed by atoms with E-state index < -0.39 is 0 Å². The number of hydrogen-bond acceptors (Lipinski definition) is 3. The van der Waals surface area contributed by atoms with Crippen molar-refractivity contribution in [2.45, 2.75) is 52.5 Å². The van der Waals surface area contributed by atoms with Gasteiger partial charge in [-0.1, -0.05) is 12.1 Å². The Morgan fingerprint density at radius 3 is 2.48 bits per heavy atom. The summed E-state index contributed by atoms with van der Waals surface area (Å²) in [5.74, 6) is 2.94. The fourth-order valence-corrected chi connectivity index (χ4v) is 3.90. The first-order valence-electron chi connectivity index (χ1n) is 9.96. The highest BCUT2D eigenvalue weighted by Crippen LogP contribution is 2.23. The van der Waals surface area contributed by atoms with Gasteiger partial charge in [0.05, 0.1) is 7.11 Å². The van der Waals surface area contributed by atoms with Crippen LogP contribution in [0, 0.1) is 19.8 Å². The summed E-state index contributed by atoms with van der Waals surface area (Å²) < 4.78 is 7.47. The standard InChI is InChI=1S/C22H31N3O2/c1-17-16-23-18(2)25(17)15-12-20-10-13-24(14-11-20)22(26)9-6-19-4-7-21(27-3)8-5-19/h4-5,7-8,16,20H,6,9-15H2,1-3H3. The minimum absolute atomic E-state index is 0.283. The molecule has 1 saturated heterocycles. The van der Waals surface area contributed by atoms with Crippen LogP contribution in [0.1, 0.15) is 42.8 Å². The maximum Gasteiger partial charge on any atom is 0.222 e. The molecule has 146 valence electrons. The van der Waals surface area contributed by atoms with Crippen LogP contribution in [0.2, 0.25) is 0 Å². The molecular weight excluding hydrogens is 338 g/mol. The van der Waals surface area contributed by atoms with E-state index in [1.165, 1.54) is 17.7 Å². The number of carbonyl (C=O) groups is 1. The third kappa shape index (κ3) is 5.12. The Hall–Kier alpha value is -2.30. The predicted molar refractivity (Wildman–Crippen MR) is 107 cm³/mol. The number of benzene rings is 1. The first-order valence-corrected chi connectivity index (χ1v) is 9.96. The van der Waals surface area contributed by atoms with Crippen LogP contribution in [0.5, 0.6) is 5.75 Å². The Morgan fingerprint density at radius 1 is 1.19 bits per heavy atom. The first kappa shape index (κ1) is 19.5. The number of methoxy groups -OCH3 is 1. The summed E-state index contributed by atoms with van der Waals surface area (Å²) in [6.45, 7) is 7.01. The van der Waals surface area contributed by atoms with Gasteiger partial charge in [0, 0.05) is 37.9 Å². The van der Waals surface area contributed by atoms with E-state index in [1.54, 1.807) is 7.11 Å². The monoisotopic (exact) mass is 369 g/mol. The fraction of sp³-hybridized carbons (Fsp3) is 0.545. The molecule has 0 atom stereocenters. The van der Waals surface area contributed by atoms with Crippen LogP contribution in [-0.4, -0.2) is 40.6 Å². The number of ether oxygens (including phenoxy) is 1. The molecule has 0 aliphatic carbocycles. The number of imidazole rings is 1. The van der Waals surface area contributed by atoms with Gasteiger partial charge in [0.25, 0.3) is 0 Å². The molecule has 1 aromatic heterocycles. The van der Waals surface area contributed by atoms with Gasteiger partial charge >= 0.3 is 0 Å². The zero-order chi connectivity index (χ0) is 19.2. The summed E-state index contributed by atoms with van der Waals surface area (Å²) in [7, 11) is 1.67. The molecule has 1 fully saturated rings. The number of aromatic nitrogens is 2. The number of aryl methyl sites for hydroxylation is 3. The van der Waals surface area contributed by atoms with Gasteiger partial charge in [0.2, 0.25) is 5.91 Å². The number of hydrogen-bond donors (Lipinski definition) is 0. The molecule has 5 nitrogen and oxygen atoms in total. The van der Waals surface area contributed by atoms with E-state index in [2.05, 4.69) is 23.4 Å². The molecule has 3 rings (SSSR count). The van der Waals surface area contributed by atoms with E-state index in [4.69, 9.17) is 4.74 Å². The van der Waals surface area contributed by atoms with E-state index in [9.17, 15) is 4.79 Å². The Kier molecular flexibility index (Phi) is 6.54. The van der Waals surface area contributed by atoms with Crippen molar-refractivity contribution in [2.75, 3.05) is 20.2 Å². The minimum atomic E-state index is 0.283. The average Bonchev–Trinajstić information content (AvgIpc) is 3.03. The smallest absolute Gasteiger partial charge is 0.222 e. The topological polar surface area (TPSA) is 47.4 Å². The van der Waals surface area contributed by atoms with E-state index in [1.807, 2.05) is 35.4 Å². The highest BCUT2D eigenvalue weighted by molar-refractivity contribution is 5.76. The Bertz CT molecular complexity index is 724. The molecule has 0 bridgehead atoms. The molecule has 27 heavy (non-hydrogen) atoms. The van der Waals surface area contributed by atoms with Crippen LogP contribution in [0.15, 0.2) is 30.5 Å². The SMILES string of the molecule is COc1ccc(CCC(=O)N2CCC(CCn3c(C)cnc3C)CC2)cc1. The molecule has 2 aromatic rings. The molecular formula is C22H31N3O2. The maximum absolute atomic E-state index is 12.5. The van der Waals surface area contributed by atoms with Crippen molar-refractivity contribution in [3.05, 3.63) is 47.5 Å². The number of likely N-dealkylation sites (tertiary alicyclic amines) is 1. The highest BCUT2D eigenvalue weighted by atomic mass is 16.5. The average molecular weight is 370 g/mol. The third-order valence-corrected chi connectivity index (χ3v) is 5.77. The summed E-state index contributed by atoms with van der Waals surface area (Å²) in [5.41, 5.74) is 2.42. The molecule has 0 spiro atoms. The second-order valence-electron chi connectivity index (χ2n) is 7.56. The molecule has 5 heteroatoms. The van der Waals surface area contributed by atoms with Gasteiger partial charge in [0.15, 0.2) is 0 Å². The Balaban J connectivity index is 1.39. The minimum Gasteiger partial charge on any atom is -0.497 e. The zero-order valence-electron chi connectivity index (χ0n) is 16.8. The van der Waals surface area contributed by atoms with Gasteiger partial charge in [-0.2, -0.15) is 0 Å². The van der Waals surface area contributed by atoms with Gasteiger partial charge < -0.3 is 14.2 Å². The number of nitrogens with zero attached hydrogens (tertiary/aromatic N) is 3. The number of carbonyl (C=O) groups excluding carboxylic acids is 1. The number of piperidine rings is 1. The van der Waals surface area contributed by atoms with Crippen LogP contribution in [0.4, 0.5) is 0 Å². The number of rotatable bonds is 7. The van der Waals surface area contributed by atoms with Gasteiger partial charge in [-0.15, -0.1) is 0 Å². The Morgan fingerprint density at radius 2 is 1.89 bits per heavy atom. The Labute approximate surface area is 162 Å². The molecule has 1 aromatic carbocycles. The molecule has 1 aliphatic heterocycles. The van der Waals surface area contributed by atoms with Crippen LogP contribution >= 0.6 is 0 Å². The lowest BCUT2D eigenvalue weighted by atomic mass is 9.93. The van der Waals surface area contributed by atoms with Crippen molar-refractivity contribution < 1.29 is 9.53 Å². The molecule has 2 heterocycles. The zero-order valence-corrected chi connectivity index (χ0v) is 16.8. The largest absolute Gasteiger partial charge is 0.497 e. The molecule has 0 radical (unpaired) electrons. The van der Waals surface area contributed by atoms with Crippen LogP contribution in [0.3, 0.4) is 0 Å². The quantitative estimate of drug-likeness (QED) is 0.746. The summed E-state index contributed by atoms with van der Waals surface area (Å²) >= 11 is 0. The highest BCUT2D eigenvalue weighted by Gasteiger charge is 2.22. The molecule has 0 unspecified atom stereocenters. The summed E-state index contributed by atoms with van der Waals surface area (Å²) in [4.78, 5) is 18.9. The van der Waals surface area contributed by atoms with Crippen LogP contribution in [-0.2, 0) is 17.8 Å². The van der Waals surface area contributed by atoms with Crippen LogP contribution in [0.25, 0.3) is 0 Å². The van der Waals surface area contributed by atoms with Gasteiger partial charge in [-0.25, -0.2) is 4.98 Å². The van der Waals surface area contributed by atoms with E-state index in [0.29, 0.717) is 12.3 Å². The van der Waals surface area contributed by atoms with Crippen LogP contribution < -0.4 is 4.74 Å². The molecule has 1 aliphatic rings. The van der Waals surface area contributed by atoms with Crippen molar-refractivity contribution in [3.63, 3.8) is 0 Å². The maximum atomic E-state index is 12.5. The number of amides is 1. The van der Waals surface area contributed by atoms with Crippen molar-refractivity contribution in [1.29, 1.82) is 0 Å². The second kappa shape index (κ2) is 9.07. The van der Waals surface area contributed by atoms with E-state index >= 15 is 0 Å². The summed E-state index contributed by atoms with van der Waals surface area (Å²) in [6, 6.07) is 7.99. The van der Waals surface area contributed by atoms with Crippen molar-refractivity contribution in [2.24, 2.45) is 5.92 Å². The molecule has 0 N–H and O–H groups in total.